The first-order valence-corrected chi connectivity index (χ1v) is 14.0. The van der Waals surface area contributed by atoms with Crippen LogP contribution in [0.15, 0.2) is 97.1 Å². The zero-order chi connectivity index (χ0) is 29.6. The molecule has 41 heavy (non-hydrogen) atoms. The number of aryl methyl sites for hydroxylation is 1. The largest absolute Gasteiger partial charge is 0.461 e. The average molecular weight is 557 g/mol. The molecular formula is C35H40O6. The molecule has 1 N–H and O–H groups in total. The van der Waals surface area contributed by atoms with Crippen LogP contribution in [0.2, 0.25) is 0 Å². The van der Waals surface area contributed by atoms with E-state index in [-0.39, 0.29) is 31.0 Å². The lowest BCUT2D eigenvalue weighted by Crippen LogP contribution is -2.21. The van der Waals surface area contributed by atoms with Crippen LogP contribution in [0.25, 0.3) is 22.3 Å². The minimum atomic E-state index is -0.699. The van der Waals surface area contributed by atoms with Crippen LogP contribution >= 0.6 is 0 Å². The Morgan fingerprint density at radius 1 is 0.732 bits per heavy atom. The Labute approximate surface area is 243 Å². The summed E-state index contributed by atoms with van der Waals surface area (Å²) >= 11 is 0. The first kappa shape index (κ1) is 31.5. The number of ether oxygens (including phenoxy) is 3. The molecule has 6 nitrogen and oxygen atoms in total. The van der Waals surface area contributed by atoms with Gasteiger partial charge < -0.3 is 19.3 Å². The molecule has 0 heterocycles. The number of hydrogen-bond donors (Lipinski definition) is 1. The van der Waals surface area contributed by atoms with Gasteiger partial charge in [-0.2, -0.15) is 0 Å². The molecule has 3 aromatic rings. The third kappa shape index (κ3) is 9.55. The standard InChI is InChI=1S/C35H40O6/c1-5-6-7-8-27-9-11-28(12-10-27)29-13-15-30(16-14-29)31-17-19-32(20-18-31)33(23-40-34(37)25(2)21-36)24-41-35(38)26(3)22-39-4/h9-20,33,36H,2-3,5-8,21-24H2,1,4H3. The molecule has 1 unspecified atom stereocenters. The highest BCUT2D eigenvalue weighted by atomic mass is 16.5. The van der Waals surface area contributed by atoms with Gasteiger partial charge in [0.05, 0.1) is 30.3 Å². The average Bonchev–Trinajstić information content (AvgIpc) is 3.01. The normalized spacial score (nSPS) is 11.5. The maximum atomic E-state index is 12.2. The number of rotatable bonds is 16. The second-order valence-corrected chi connectivity index (χ2v) is 10.0. The van der Waals surface area contributed by atoms with Crippen molar-refractivity contribution < 1.29 is 28.9 Å². The number of benzene rings is 3. The van der Waals surface area contributed by atoms with Gasteiger partial charge in [0.15, 0.2) is 0 Å². The molecule has 0 aliphatic heterocycles. The summed E-state index contributed by atoms with van der Waals surface area (Å²) in [5, 5.41) is 9.15. The summed E-state index contributed by atoms with van der Waals surface area (Å²) in [6, 6.07) is 25.1. The molecule has 0 fully saturated rings. The SMILES string of the molecule is C=C(CO)C(=O)OCC(COC(=O)C(=C)COC)c1ccc(-c2ccc(-c3ccc(CCCCC)cc3)cc2)cc1. The second-order valence-electron chi connectivity index (χ2n) is 10.0. The Kier molecular flexibility index (Phi) is 12.5. The van der Waals surface area contributed by atoms with Crippen LogP contribution in [0.3, 0.4) is 0 Å². The molecule has 0 bridgehead atoms. The minimum Gasteiger partial charge on any atom is -0.461 e. The Hall–Kier alpha value is -4.00. The van der Waals surface area contributed by atoms with Gasteiger partial charge in [0.1, 0.15) is 13.2 Å². The number of aliphatic hydroxyl groups excluding tert-OH is 1. The molecule has 0 amide bonds. The van der Waals surface area contributed by atoms with E-state index < -0.39 is 24.5 Å². The van der Waals surface area contributed by atoms with Crippen molar-refractivity contribution in [1.29, 1.82) is 0 Å². The van der Waals surface area contributed by atoms with Gasteiger partial charge in [0.2, 0.25) is 0 Å². The van der Waals surface area contributed by atoms with Crippen molar-refractivity contribution >= 4 is 11.9 Å². The van der Waals surface area contributed by atoms with Crippen molar-refractivity contribution in [2.75, 3.05) is 33.5 Å². The van der Waals surface area contributed by atoms with Crippen LogP contribution in [0.5, 0.6) is 0 Å². The Morgan fingerprint density at radius 3 is 1.66 bits per heavy atom. The number of carbonyl (C=O) groups is 2. The number of methoxy groups -OCH3 is 1. The quantitative estimate of drug-likeness (QED) is 0.121. The lowest BCUT2D eigenvalue weighted by Gasteiger charge is -2.19. The van der Waals surface area contributed by atoms with Gasteiger partial charge in [-0.3, -0.25) is 0 Å². The van der Waals surface area contributed by atoms with Gasteiger partial charge in [-0.1, -0.05) is 106 Å². The van der Waals surface area contributed by atoms with Crippen molar-refractivity contribution in [3.63, 3.8) is 0 Å². The first-order valence-electron chi connectivity index (χ1n) is 14.0. The van der Waals surface area contributed by atoms with E-state index in [0.717, 1.165) is 28.7 Å². The molecule has 0 aliphatic carbocycles. The highest BCUT2D eigenvalue weighted by molar-refractivity contribution is 5.88. The van der Waals surface area contributed by atoms with Gasteiger partial charge in [0, 0.05) is 7.11 Å². The molecule has 0 radical (unpaired) electrons. The van der Waals surface area contributed by atoms with Crippen LogP contribution in [0, 0.1) is 0 Å². The van der Waals surface area contributed by atoms with Crippen LogP contribution in [0.1, 0.15) is 43.2 Å². The number of carbonyl (C=O) groups excluding carboxylic acids is 2. The van der Waals surface area contributed by atoms with E-state index in [4.69, 9.17) is 19.3 Å². The Bertz CT molecular complexity index is 1290. The number of hydrogen-bond acceptors (Lipinski definition) is 6. The van der Waals surface area contributed by atoms with Crippen molar-refractivity contribution in [2.45, 2.75) is 38.5 Å². The lowest BCUT2D eigenvalue weighted by atomic mass is 9.95. The van der Waals surface area contributed by atoms with Crippen molar-refractivity contribution in [2.24, 2.45) is 0 Å². The predicted molar refractivity (Wildman–Crippen MR) is 162 cm³/mol. The van der Waals surface area contributed by atoms with Gasteiger partial charge in [-0.25, -0.2) is 9.59 Å². The summed E-state index contributed by atoms with van der Waals surface area (Å²) in [7, 11) is 1.47. The van der Waals surface area contributed by atoms with E-state index in [1.54, 1.807) is 0 Å². The summed E-state index contributed by atoms with van der Waals surface area (Å²) in [6.07, 6.45) is 4.84. The maximum Gasteiger partial charge on any atom is 0.335 e. The highest BCUT2D eigenvalue weighted by Crippen LogP contribution is 2.27. The van der Waals surface area contributed by atoms with E-state index >= 15 is 0 Å². The fraction of sp³-hybridized carbons (Fsp3) is 0.314. The van der Waals surface area contributed by atoms with E-state index in [1.807, 2.05) is 24.3 Å². The van der Waals surface area contributed by atoms with Crippen molar-refractivity contribution in [3.05, 3.63) is 108 Å². The fourth-order valence-corrected chi connectivity index (χ4v) is 4.34. The second kappa shape index (κ2) is 16.3. The summed E-state index contributed by atoms with van der Waals surface area (Å²) in [4.78, 5) is 24.3. The fourth-order valence-electron chi connectivity index (χ4n) is 4.34. The molecule has 0 aromatic heterocycles. The van der Waals surface area contributed by atoms with Crippen LogP contribution in [-0.4, -0.2) is 50.6 Å². The van der Waals surface area contributed by atoms with Gasteiger partial charge in [-0.05, 0) is 46.2 Å². The van der Waals surface area contributed by atoms with E-state index in [0.29, 0.717) is 0 Å². The van der Waals surface area contributed by atoms with Gasteiger partial charge in [0.25, 0.3) is 0 Å². The number of aliphatic hydroxyl groups is 1. The smallest absolute Gasteiger partial charge is 0.335 e. The molecular weight excluding hydrogens is 516 g/mol. The molecule has 0 aliphatic rings. The van der Waals surface area contributed by atoms with Crippen LogP contribution in [0.4, 0.5) is 0 Å². The Morgan fingerprint density at radius 2 is 1.20 bits per heavy atom. The molecule has 0 saturated heterocycles. The highest BCUT2D eigenvalue weighted by Gasteiger charge is 2.19. The number of unbranched alkanes of at least 4 members (excludes halogenated alkanes) is 2. The van der Waals surface area contributed by atoms with E-state index in [2.05, 4.69) is 68.6 Å². The lowest BCUT2D eigenvalue weighted by molar-refractivity contribution is -0.143. The third-order valence-electron chi connectivity index (χ3n) is 6.87. The first-order chi connectivity index (χ1) is 19.9. The van der Waals surface area contributed by atoms with Gasteiger partial charge >= 0.3 is 11.9 Å². The molecule has 3 aromatic carbocycles. The summed E-state index contributed by atoms with van der Waals surface area (Å²) in [6.45, 7) is 8.88. The minimum absolute atomic E-state index is 0.0219. The van der Waals surface area contributed by atoms with E-state index in [9.17, 15) is 9.59 Å². The van der Waals surface area contributed by atoms with Crippen molar-refractivity contribution in [1.82, 2.24) is 0 Å². The molecule has 216 valence electrons. The molecule has 6 heteroatoms. The van der Waals surface area contributed by atoms with E-state index in [1.165, 1.54) is 37.5 Å². The number of esters is 2. The monoisotopic (exact) mass is 556 g/mol. The third-order valence-corrected chi connectivity index (χ3v) is 6.87. The summed E-state index contributed by atoms with van der Waals surface area (Å²) < 4.78 is 15.7. The summed E-state index contributed by atoms with van der Waals surface area (Å²) in [5.41, 5.74) is 6.80. The van der Waals surface area contributed by atoms with Crippen LogP contribution in [-0.2, 0) is 30.2 Å². The zero-order valence-electron chi connectivity index (χ0n) is 24.1. The molecule has 0 saturated carbocycles. The van der Waals surface area contributed by atoms with Gasteiger partial charge in [-0.15, -0.1) is 0 Å². The Balaban J connectivity index is 1.70. The van der Waals surface area contributed by atoms with Crippen molar-refractivity contribution in [3.8, 4) is 22.3 Å². The van der Waals surface area contributed by atoms with Crippen LogP contribution < -0.4 is 0 Å². The zero-order valence-corrected chi connectivity index (χ0v) is 24.1. The maximum absolute atomic E-state index is 12.2. The molecule has 3 rings (SSSR count). The molecule has 0 spiro atoms. The predicted octanol–water partition coefficient (Wildman–Crippen LogP) is 6.67. The molecule has 1 atom stereocenters. The topological polar surface area (TPSA) is 82.1 Å². The summed E-state index contributed by atoms with van der Waals surface area (Å²) in [5.74, 6) is -1.70.